The Hall–Kier alpha value is -7.62. The van der Waals surface area contributed by atoms with E-state index in [2.05, 4.69) is 228 Å². The first-order valence-electron chi connectivity index (χ1n) is 19.9. The highest BCUT2D eigenvalue weighted by molar-refractivity contribution is 6.14. The van der Waals surface area contributed by atoms with Crippen LogP contribution in [0.15, 0.2) is 223 Å². The molecule has 0 bridgehead atoms. The van der Waals surface area contributed by atoms with Gasteiger partial charge >= 0.3 is 0 Å². The summed E-state index contributed by atoms with van der Waals surface area (Å²) in [6.07, 6.45) is 0. The molecule has 2 heterocycles. The molecule has 3 nitrogen and oxygen atoms in total. The van der Waals surface area contributed by atoms with Crippen LogP contribution in [0.1, 0.15) is 22.3 Å². The summed E-state index contributed by atoms with van der Waals surface area (Å²) in [7, 11) is 0. The Morgan fingerprint density at radius 1 is 0.379 bits per heavy atom. The molecule has 0 N–H and O–H groups in total. The van der Waals surface area contributed by atoms with Crippen molar-refractivity contribution >= 4 is 60.8 Å². The number of benzene rings is 9. The fraction of sp³-hybridized carbons (Fsp3) is 0.0182. The molecule has 0 amide bonds. The van der Waals surface area contributed by atoms with Gasteiger partial charge in [0.2, 0.25) is 0 Å². The average Bonchev–Trinajstić information content (AvgIpc) is 3.94. The monoisotopic (exact) mass is 740 g/mol. The molecule has 58 heavy (non-hydrogen) atoms. The highest BCUT2D eigenvalue weighted by Crippen LogP contribution is 2.57. The van der Waals surface area contributed by atoms with Crippen molar-refractivity contribution in [3.63, 3.8) is 0 Å². The number of rotatable bonds is 6. The molecule has 0 spiro atoms. The molecule has 0 atom stereocenters. The quantitative estimate of drug-likeness (QED) is 0.169. The number of hydrogen-bond donors (Lipinski definition) is 0. The van der Waals surface area contributed by atoms with Crippen LogP contribution in [0.2, 0.25) is 0 Å². The molecule has 11 aromatic rings. The number of furan rings is 1. The normalized spacial score (nSPS) is 13.0. The van der Waals surface area contributed by atoms with Gasteiger partial charge in [0.1, 0.15) is 11.2 Å². The fourth-order valence-corrected chi connectivity index (χ4v) is 9.90. The molecular weight excluding hydrogens is 705 g/mol. The van der Waals surface area contributed by atoms with Crippen molar-refractivity contribution in [1.29, 1.82) is 0 Å². The number of aromatic nitrogens is 1. The van der Waals surface area contributed by atoms with Crippen LogP contribution in [0.3, 0.4) is 0 Å². The van der Waals surface area contributed by atoms with Crippen LogP contribution in [0, 0.1) is 0 Å². The van der Waals surface area contributed by atoms with Crippen LogP contribution in [-0.2, 0) is 5.41 Å². The van der Waals surface area contributed by atoms with Gasteiger partial charge in [-0.1, -0.05) is 152 Å². The fourth-order valence-electron chi connectivity index (χ4n) is 9.90. The topological polar surface area (TPSA) is 21.3 Å². The first-order chi connectivity index (χ1) is 28.8. The van der Waals surface area contributed by atoms with Gasteiger partial charge in [0.25, 0.3) is 0 Å². The zero-order valence-electron chi connectivity index (χ0n) is 31.6. The maximum atomic E-state index is 6.80. The second-order valence-electron chi connectivity index (χ2n) is 15.2. The highest BCUT2D eigenvalue weighted by Gasteiger charge is 2.46. The Balaban J connectivity index is 1.08. The number of anilines is 3. The first-order valence-corrected chi connectivity index (χ1v) is 19.9. The number of hydrogen-bond acceptors (Lipinski definition) is 2. The second kappa shape index (κ2) is 12.7. The third-order valence-corrected chi connectivity index (χ3v) is 12.3. The molecule has 1 aliphatic carbocycles. The van der Waals surface area contributed by atoms with Crippen molar-refractivity contribution in [2.24, 2.45) is 0 Å². The van der Waals surface area contributed by atoms with Gasteiger partial charge in [-0.15, -0.1) is 0 Å². The van der Waals surface area contributed by atoms with Gasteiger partial charge < -0.3 is 13.9 Å². The lowest BCUT2D eigenvalue weighted by molar-refractivity contribution is 0.669. The van der Waals surface area contributed by atoms with Crippen molar-refractivity contribution in [2.75, 3.05) is 4.90 Å². The van der Waals surface area contributed by atoms with Gasteiger partial charge in [-0.3, -0.25) is 0 Å². The molecular formula is C55H36N2O. The van der Waals surface area contributed by atoms with Crippen molar-refractivity contribution in [3.8, 4) is 16.8 Å². The highest BCUT2D eigenvalue weighted by atomic mass is 16.3. The van der Waals surface area contributed by atoms with E-state index in [1.807, 2.05) is 0 Å². The lowest BCUT2D eigenvalue weighted by atomic mass is 9.67. The van der Waals surface area contributed by atoms with E-state index in [4.69, 9.17) is 4.42 Å². The summed E-state index contributed by atoms with van der Waals surface area (Å²) in [4.78, 5) is 2.37. The van der Waals surface area contributed by atoms with Crippen LogP contribution in [0.4, 0.5) is 17.1 Å². The number of fused-ring (bicyclic) bond motifs is 9. The summed E-state index contributed by atoms with van der Waals surface area (Å²) in [6.45, 7) is 0. The standard InChI is InChI=1S/C55H36N2O/c1-4-17-37(18-5-1)55(38-19-6-2-7-20-38)47-26-13-10-23-42(47)43-33-31-40(35-48(43)55)56(39-21-8-3-9-22-39)41-32-34-46-53(36-41)58-52-30-16-29-51(54(46)52)57-49-27-14-11-24-44(49)45-25-12-15-28-50(45)57/h1-36H. The summed E-state index contributed by atoms with van der Waals surface area (Å²) in [5.74, 6) is 0. The van der Waals surface area contributed by atoms with Gasteiger partial charge in [-0.05, 0) is 94.0 Å². The van der Waals surface area contributed by atoms with Gasteiger partial charge in [0.15, 0.2) is 0 Å². The first kappa shape index (κ1) is 32.6. The maximum absolute atomic E-state index is 6.80. The van der Waals surface area contributed by atoms with Crippen molar-refractivity contribution < 1.29 is 4.42 Å². The molecule has 0 fully saturated rings. The van der Waals surface area contributed by atoms with E-state index >= 15 is 0 Å². The van der Waals surface area contributed by atoms with Gasteiger partial charge in [0, 0.05) is 39.3 Å². The van der Waals surface area contributed by atoms with E-state index in [9.17, 15) is 0 Å². The summed E-state index contributed by atoms with van der Waals surface area (Å²) < 4.78 is 9.19. The summed E-state index contributed by atoms with van der Waals surface area (Å²) in [5.41, 5.74) is 15.4. The molecule has 0 unspecified atom stereocenters. The van der Waals surface area contributed by atoms with E-state index in [1.165, 1.54) is 55.2 Å². The largest absolute Gasteiger partial charge is 0.456 e. The summed E-state index contributed by atoms with van der Waals surface area (Å²) in [5, 5.41) is 4.67. The second-order valence-corrected chi connectivity index (χ2v) is 15.2. The predicted octanol–water partition coefficient (Wildman–Crippen LogP) is 14.5. The van der Waals surface area contributed by atoms with Crippen LogP contribution in [0.5, 0.6) is 0 Å². The maximum Gasteiger partial charge on any atom is 0.137 e. The van der Waals surface area contributed by atoms with Crippen molar-refractivity contribution in [3.05, 3.63) is 241 Å². The predicted molar refractivity (Wildman–Crippen MR) is 240 cm³/mol. The van der Waals surface area contributed by atoms with E-state index in [0.717, 1.165) is 44.7 Å². The molecule has 0 aliphatic heterocycles. The molecule has 9 aromatic carbocycles. The van der Waals surface area contributed by atoms with Gasteiger partial charge in [-0.25, -0.2) is 0 Å². The Morgan fingerprint density at radius 2 is 0.948 bits per heavy atom. The minimum atomic E-state index is -0.501. The van der Waals surface area contributed by atoms with Gasteiger partial charge in [0.05, 0.1) is 27.5 Å². The SMILES string of the molecule is c1ccc(N(c2ccc3c(c2)C(c2ccccc2)(c2ccccc2)c2ccccc2-3)c2ccc3c(c2)oc2cccc(-n4c5ccccc5c5ccccc54)c23)cc1. The average molecular weight is 741 g/mol. The molecule has 0 saturated carbocycles. The molecule has 2 aromatic heterocycles. The van der Waals surface area contributed by atoms with E-state index < -0.39 is 5.41 Å². The third kappa shape index (κ3) is 4.62. The zero-order valence-corrected chi connectivity index (χ0v) is 31.6. The Labute approximate surface area is 336 Å². The van der Waals surface area contributed by atoms with Crippen LogP contribution < -0.4 is 4.90 Å². The third-order valence-electron chi connectivity index (χ3n) is 12.3. The van der Waals surface area contributed by atoms with Crippen LogP contribution in [-0.4, -0.2) is 4.57 Å². The molecule has 12 rings (SSSR count). The Morgan fingerprint density at radius 3 is 1.66 bits per heavy atom. The summed E-state index contributed by atoms with van der Waals surface area (Å²) in [6, 6.07) is 79.1. The lowest BCUT2D eigenvalue weighted by Gasteiger charge is -2.35. The molecule has 272 valence electrons. The number of para-hydroxylation sites is 3. The zero-order chi connectivity index (χ0) is 38.2. The van der Waals surface area contributed by atoms with Crippen molar-refractivity contribution in [2.45, 2.75) is 5.41 Å². The lowest BCUT2D eigenvalue weighted by Crippen LogP contribution is -2.28. The van der Waals surface area contributed by atoms with Crippen LogP contribution in [0.25, 0.3) is 60.6 Å². The minimum absolute atomic E-state index is 0.501. The molecule has 1 aliphatic rings. The smallest absolute Gasteiger partial charge is 0.137 e. The summed E-state index contributed by atoms with van der Waals surface area (Å²) >= 11 is 0. The molecule has 3 heteroatoms. The van der Waals surface area contributed by atoms with E-state index in [0.29, 0.717) is 0 Å². The minimum Gasteiger partial charge on any atom is -0.456 e. The number of nitrogens with zero attached hydrogens (tertiary/aromatic N) is 2. The van der Waals surface area contributed by atoms with Crippen molar-refractivity contribution in [1.82, 2.24) is 4.57 Å². The molecule has 0 radical (unpaired) electrons. The Kier molecular flexibility index (Phi) is 7.14. The Bertz CT molecular complexity index is 3250. The van der Waals surface area contributed by atoms with Crippen LogP contribution >= 0.6 is 0 Å². The van der Waals surface area contributed by atoms with E-state index in [1.54, 1.807) is 0 Å². The van der Waals surface area contributed by atoms with Gasteiger partial charge in [-0.2, -0.15) is 0 Å². The molecule has 0 saturated heterocycles. The van der Waals surface area contributed by atoms with E-state index in [-0.39, 0.29) is 0 Å².